The molecule has 4 aromatic rings. The summed E-state index contributed by atoms with van der Waals surface area (Å²) in [7, 11) is 0. The van der Waals surface area contributed by atoms with E-state index in [0.717, 1.165) is 10.9 Å². The molecule has 2 N–H and O–H groups in total. The quantitative estimate of drug-likeness (QED) is 0.601. The van der Waals surface area contributed by atoms with Gasteiger partial charge in [-0.2, -0.15) is 10.2 Å². The molecule has 0 bridgehead atoms. The Morgan fingerprint density at radius 1 is 1.16 bits per heavy atom. The van der Waals surface area contributed by atoms with Crippen LogP contribution in [-0.4, -0.2) is 25.9 Å². The number of H-pyrrole nitrogens is 1. The Balaban J connectivity index is 1.51. The summed E-state index contributed by atoms with van der Waals surface area (Å²) in [5.74, 6) is -0.616. The third-order valence-corrected chi connectivity index (χ3v) is 3.87. The van der Waals surface area contributed by atoms with E-state index in [9.17, 15) is 9.18 Å². The number of rotatable bonds is 4. The number of amides is 1. The number of carbonyl (C=O) groups is 1. The molecule has 0 radical (unpaired) electrons. The number of hydrogen-bond acceptors (Lipinski definition) is 3. The number of anilines is 1. The second-order valence-electron chi connectivity index (χ2n) is 5.59. The summed E-state index contributed by atoms with van der Waals surface area (Å²) < 4.78 is 15.3. The van der Waals surface area contributed by atoms with E-state index < -0.39 is 0 Å². The number of fused-ring (bicyclic) bond motifs is 1. The van der Waals surface area contributed by atoms with Crippen LogP contribution in [0.2, 0.25) is 0 Å². The minimum atomic E-state index is -0.331. The van der Waals surface area contributed by atoms with Crippen molar-refractivity contribution >= 4 is 22.5 Å². The lowest BCUT2D eigenvalue weighted by Gasteiger charge is -2.03. The first-order chi connectivity index (χ1) is 12.2. The molecule has 0 aliphatic rings. The fourth-order valence-corrected chi connectivity index (χ4v) is 2.64. The molecule has 0 spiro atoms. The number of hydrogen-bond donors (Lipinski definition) is 2. The van der Waals surface area contributed by atoms with E-state index >= 15 is 0 Å². The molecule has 2 aromatic carbocycles. The lowest BCUT2D eigenvalue weighted by molar-refractivity contribution is 0.102. The summed E-state index contributed by atoms with van der Waals surface area (Å²) in [4.78, 5) is 12.4. The summed E-state index contributed by atoms with van der Waals surface area (Å²) in [6, 6.07) is 13.9. The van der Waals surface area contributed by atoms with E-state index in [1.807, 2.05) is 24.3 Å². The zero-order valence-electron chi connectivity index (χ0n) is 13.1. The Morgan fingerprint density at radius 3 is 2.84 bits per heavy atom. The van der Waals surface area contributed by atoms with Gasteiger partial charge in [0.1, 0.15) is 5.82 Å². The lowest BCUT2D eigenvalue weighted by Crippen LogP contribution is -2.12. The summed E-state index contributed by atoms with van der Waals surface area (Å²) in [5, 5.41) is 14.6. The SMILES string of the molecule is O=C(Nc1cnn(Cc2ccccc2F)c1)c1n[nH]c2ccccc12. The van der Waals surface area contributed by atoms with Crippen LogP contribution >= 0.6 is 0 Å². The maximum Gasteiger partial charge on any atom is 0.276 e. The Kier molecular flexibility index (Phi) is 3.74. The topological polar surface area (TPSA) is 75.6 Å². The molecule has 25 heavy (non-hydrogen) atoms. The van der Waals surface area contributed by atoms with Gasteiger partial charge in [-0.15, -0.1) is 0 Å². The molecule has 124 valence electrons. The maximum atomic E-state index is 13.7. The van der Waals surface area contributed by atoms with Gasteiger partial charge in [-0.1, -0.05) is 36.4 Å². The van der Waals surface area contributed by atoms with Crippen LogP contribution in [0, 0.1) is 5.82 Å². The predicted molar refractivity (Wildman–Crippen MR) is 91.8 cm³/mol. The van der Waals surface area contributed by atoms with E-state index in [-0.39, 0.29) is 18.3 Å². The van der Waals surface area contributed by atoms with Gasteiger partial charge in [0, 0.05) is 17.1 Å². The zero-order chi connectivity index (χ0) is 17.2. The van der Waals surface area contributed by atoms with Crippen LogP contribution < -0.4 is 5.32 Å². The highest BCUT2D eigenvalue weighted by molar-refractivity contribution is 6.10. The van der Waals surface area contributed by atoms with E-state index in [4.69, 9.17) is 0 Å². The second-order valence-corrected chi connectivity index (χ2v) is 5.59. The second kappa shape index (κ2) is 6.20. The third-order valence-electron chi connectivity index (χ3n) is 3.87. The minimum Gasteiger partial charge on any atom is -0.318 e. The van der Waals surface area contributed by atoms with Crippen molar-refractivity contribution in [2.24, 2.45) is 0 Å². The summed E-state index contributed by atoms with van der Waals surface area (Å²) >= 11 is 0. The number of para-hydroxylation sites is 1. The fourth-order valence-electron chi connectivity index (χ4n) is 2.64. The molecule has 6 nitrogen and oxygen atoms in total. The van der Waals surface area contributed by atoms with Gasteiger partial charge >= 0.3 is 0 Å². The van der Waals surface area contributed by atoms with Crippen LogP contribution in [0.3, 0.4) is 0 Å². The van der Waals surface area contributed by atoms with Crippen molar-refractivity contribution in [2.75, 3.05) is 5.32 Å². The zero-order valence-corrected chi connectivity index (χ0v) is 13.1. The monoisotopic (exact) mass is 335 g/mol. The Bertz CT molecular complexity index is 1050. The van der Waals surface area contributed by atoms with Crippen molar-refractivity contribution in [1.29, 1.82) is 0 Å². The van der Waals surface area contributed by atoms with Gasteiger partial charge in [-0.05, 0) is 12.1 Å². The molecule has 0 aliphatic heterocycles. The molecule has 4 rings (SSSR count). The molecule has 2 heterocycles. The lowest BCUT2D eigenvalue weighted by atomic mass is 10.2. The number of nitrogens with zero attached hydrogens (tertiary/aromatic N) is 3. The molecule has 1 amide bonds. The standard InChI is InChI=1S/C18H14FN5O/c19-15-7-3-1-5-12(15)10-24-11-13(9-20-24)21-18(25)17-14-6-2-4-8-16(14)22-23-17/h1-9,11H,10H2,(H,21,25)(H,22,23). The smallest absolute Gasteiger partial charge is 0.276 e. The Morgan fingerprint density at radius 2 is 1.96 bits per heavy atom. The van der Waals surface area contributed by atoms with Crippen LogP contribution in [0.4, 0.5) is 10.1 Å². The van der Waals surface area contributed by atoms with Crippen LogP contribution in [-0.2, 0) is 6.54 Å². The largest absolute Gasteiger partial charge is 0.318 e. The first kappa shape index (κ1) is 15.1. The average Bonchev–Trinajstić information content (AvgIpc) is 3.23. The summed E-state index contributed by atoms with van der Waals surface area (Å²) in [6.45, 7) is 0.286. The molecule has 0 unspecified atom stereocenters. The first-order valence-corrected chi connectivity index (χ1v) is 7.71. The van der Waals surface area contributed by atoms with Crippen LogP contribution in [0.25, 0.3) is 10.9 Å². The van der Waals surface area contributed by atoms with Crippen molar-refractivity contribution in [3.8, 4) is 0 Å². The number of aromatic nitrogens is 4. The summed E-state index contributed by atoms with van der Waals surface area (Å²) in [5.41, 5.74) is 2.16. The van der Waals surface area contributed by atoms with E-state index in [0.29, 0.717) is 16.9 Å². The molecule has 7 heteroatoms. The molecular formula is C18H14FN5O. The van der Waals surface area contributed by atoms with Crippen molar-refractivity contribution in [3.63, 3.8) is 0 Å². The van der Waals surface area contributed by atoms with Crippen molar-refractivity contribution < 1.29 is 9.18 Å². The first-order valence-electron chi connectivity index (χ1n) is 7.71. The van der Waals surface area contributed by atoms with E-state index in [2.05, 4.69) is 20.6 Å². The molecule has 0 fully saturated rings. The number of halogens is 1. The van der Waals surface area contributed by atoms with Crippen molar-refractivity contribution in [3.05, 3.63) is 78.0 Å². The van der Waals surface area contributed by atoms with Gasteiger partial charge in [0.05, 0.1) is 23.9 Å². The van der Waals surface area contributed by atoms with Crippen LogP contribution in [0.15, 0.2) is 60.9 Å². The number of carbonyl (C=O) groups excluding carboxylic acids is 1. The molecule has 0 aliphatic carbocycles. The van der Waals surface area contributed by atoms with Gasteiger partial charge < -0.3 is 5.32 Å². The van der Waals surface area contributed by atoms with Gasteiger partial charge in [-0.25, -0.2) is 4.39 Å². The van der Waals surface area contributed by atoms with Gasteiger partial charge in [0.25, 0.3) is 5.91 Å². The highest BCUT2D eigenvalue weighted by Crippen LogP contribution is 2.17. The number of aromatic amines is 1. The van der Waals surface area contributed by atoms with E-state index in [1.54, 1.807) is 29.1 Å². The Hall–Kier alpha value is -3.48. The average molecular weight is 335 g/mol. The Labute approximate surface area is 142 Å². The van der Waals surface area contributed by atoms with Gasteiger partial charge in [0.15, 0.2) is 5.69 Å². The molecule has 0 atom stereocenters. The van der Waals surface area contributed by atoms with Crippen molar-refractivity contribution in [2.45, 2.75) is 6.54 Å². The fraction of sp³-hybridized carbons (Fsp3) is 0.0556. The maximum absolute atomic E-state index is 13.7. The number of nitrogens with one attached hydrogen (secondary N) is 2. The van der Waals surface area contributed by atoms with Crippen LogP contribution in [0.5, 0.6) is 0 Å². The normalized spacial score (nSPS) is 10.9. The molecule has 0 saturated heterocycles. The molecule has 2 aromatic heterocycles. The van der Waals surface area contributed by atoms with Crippen molar-refractivity contribution in [1.82, 2.24) is 20.0 Å². The van der Waals surface area contributed by atoms with Crippen LogP contribution in [0.1, 0.15) is 16.1 Å². The van der Waals surface area contributed by atoms with Gasteiger partial charge in [-0.3, -0.25) is 14.6 Å². The highest BCUT2D eigenvalue weighted by atomic mass is 19.1. The summed E-state index contributed by atoms with van der Waals surface area (Å²) in [6.07, 6.45) is 3.17. The number of benzene rings is 2. The highest BCUT2D eigenvalue weighted by Gasteiger charge is 2.14. The predicted octanol–water partition coefficient (Wildman–Crippen LogP) is 3.20. The molecular weight excluding hydrogens is 321 g/mol. The van der Waals surface area contributed by atoms with Gasteiger partial charge in [0.2, 0.25) is 0 Å². The third kappa shape index (κ3) is 2.99. The molecule has 0 saturated carbocycles. The minimum absolute atomic E-state index is 0.286. The van der Waals surface area contributed by atoms with E-state index in [1.165, 1.54) is 12.3 Å².